The van der Waals surface area contributed by atoms with E-state index in [2.05, 4.69) is 44.8 Å². The summed E-state index contributed by atoms with van der Waals surface area (Å²) in [5.41, 5.74) is 6.65. The van der Waals surface area contributed by atoms with Crippen molar-refractivity contribution in [2.45, 2.75) is 51.4 Å². The number of hydrazone groups is 1. The maximum absolute atomic E-state index is 11.0. The molecule has 0 saturated carbocycles. The first-order chi connectivity index (χ1) is 12.2. The summed E-state index contributed by atoms with van der Waals surface area (Å²) in [6.07, 6.45) is 7.67. The van der Waals surface area contributed by atoms with Gasteiger partial charge in [-0.15, -0.1) is 0 Å². The molecule has 0 heterocycles. The molecule has 5 nitrogen and oxygen atoms in total. The number of ether oxygens (including phenoxy) is 1. The lowest BCUT2D eigenvalue weighted by molar-refractivity contribution is -0.140. The van der Waals surface area contributed by atoms with E-state index in [0.29, 0.717) is 11.5 Å². The molecule has 0 amide bonds. The maximum Gasteiger partial charge on any atom is 0.305 e. The largest absolute Gasteiger partial charge is 0.469 e. The Kier molecular flexibility index (Phi) is 8.39. The summed E-state index contributed by atoms with van der Waals surface area (Å²) < 4.78 is 4.62. The summed E-state index contributed by atoms with van der Waals surface area (Å²) in [4.78, 5) is 11.0. The minimum Gasteiger partial charge on any atom is -0.469 e. The summed E-state index contributed by atoms with van der Waals surface area (Å²) >= 11 is 5.29. The van der Waals surface area contributed by atoms with Gasteiger partial charge in [0.1, 0.15) is 0 Å². The number of hydrogen-bond donors (Lipinski definition) is 2. The van der Waals surface area contributed by atoms with Gasteiger partial charge in [0.2, 0.25) is 0 Å². The molecule has 2 rings (SSSR count). The molecule has 1 aliphatic carbocycles. The zero-order valence-corrected chi connectivity index (χ0v) is 15.7. The molecular weight excluding hydrogens is 334 g/mol. The maximum atomic E-state index is 11.0. The van der Waals surface area contributed by atoms with Crippen LogP contribution in [0.1, 0.15) is 56.1 Å². The minimum absolute atomic E-state index is 0.148. The Morgan fingerprint density at radius 3 is 2.84 bits per heavy atom. The van der Waals surface area contributed by atoms with E-state index in [0.717, 1.165) is 50.8 Å². The minimum atomic E-state index is -0.148. The molecule has 0 saturated heterocycles. The molecule has 0 atom stereocenters. The number of benzene rings is 1. The van der Waals surface area contributed by atoms with Crippen molar-refractivity contribution < 1.29 is 9.53 Å². The van der Waals surface area contributed by atoms with Gasteiger partial charge in [-0.25, -0.2) is 0 Å². The van der Waals surface area contributed by atoms with E-state index < -0.39 is 0 Å². The fourth-order valence-electron chi connectivity index (χ4n) is 2.91. The van der Waals surface area contributed by atoms with Crippen LogP contribution in [-0.4, -0.2) is 30.4 Å². The van der Waals surface area contributed by atoms with Crippen LogP contribution in [0.3, 0.4) is 0 Å². The van der Waals surface area contributed by atoms with Crippen LogP contribution in [0.4, 0.5) is 0 Å². The quantitative estimate of drug-likeness (QED) is 0.256. The molecule has 0 fully saturated rings. The Balaban J connectivity index is 1.72. The molecule has 0 bridgehead atoms. The SMILES string of the molecule is COC(=O)CCCCCNC(=S)N/N=C1/CCCCc2ccccc21. The van der Waals surface area contributed by atoms with Gasteiger partial charge in [-0.05, 0) is 56.3 Å². The lowest BCUT2D eigenvalue weighted by atomic mass is 10.0. The second-order valence-corrected chi connectivity index (χ2v) is 6.59. The summed E-state index contributed by atoms with van der Waals surface area (Å²) in [6, 6.07) is 8.46. The highest BCUT2D eigenvalue weighted by Crippen LogP contribution is 2.20. The molecular formula is C19H27N3O2S. The zero-order chi connectivity index (χ0) is 17.9. The standard InChI is InChI=1S/C19H27N3O2S/c1-24-18(23)13-3-2-8-14-20-19(25)22-21-17-12-7-5-10-15-9-4-6-11-16(15)17/h4,6,9,11H,2-3,5,7-8,10,12-14H2,1H3,(H2,20,22,25)/b21-17-. The van der Waals surface area contributed by atoms with E-state index in [-0.39, 0.29) is 5.97 Å². The topological polar surface area (TPSA) is 62.7 Å². The van der Waals surface area contributed by atoms with Gasteiger partial charge in [0, 0.05) is 18.5 Å². The number of rotatable bonds is 7. The van der Waals surface area contributed by atoms with E-state index >= 15 is 0 Å². The third kappa shape index (κ3) is 6.82. The number of esters is 1. The van der Waals surface area contributed by atoms with E-state index in [1.807, 2.05) is 0 Å². The van der Waals surface area contributed by atoms with E-state index in [1.54, 1.807) is 0 Å². The normalized spacial score (nSPS) is 15.2. The Morgan fingerprint density at radius 1 is 1.20 bits per heavy atom. The molecule has 0 spiro atoms. The third-order valence-electron chi connectivity index (χ3n) is 4.30. The first-order valence-electron chi connectivity index (χ1n) is 8.96. The van der Waals surface area contributed by atoms with Gasteiger partial charge in [-0.3, -0.25) is 10.2 Å². The zero-order valence-electron chi connectivity index (χ0n) is 14.8. The molecule has 0 aliphatic heterocycles. The highest BCUT2D eigenvalue weighted by molar-refractivity contribution is 7.80. The van der Waals surface area contributed by atoms with Crippen LogP contribution < -0.4 is 10.7 Å². The van der Waals surface area contributed by atoms with Crippen LogP contribution in [0.25, 0.3) is 0 Å². The van der Waals surface area contributed by atoms with Crippen molar-refractivity contribution >= 4 is 29.0 Å². The summed E-state index contributed by atoms with van der Waals surface area (Å²) in [6.45, 7) is 0.772. The van der Waals surface area contributed by atoms with Crippen LogP contribution in [-0.2, 0) is 16.0 Å². The van der Waals surface area contributed by atoms with Crippen LogP contribution in [0, 0.1) is 0 Å². The monoisotopic (exact) mass is 361 g/mol. The Labute approximate surface area is 155 Å². The summed E-state index contributed by atoms with van der Waals surface area (Å²) in [7, 11) is 1.42. The van der Waals surface area contributed by atoms with Crippen molar-refractivity contribution in [1.82, 2.24) is 10.7 Å². The molecule has 2 N–H and O–H groups in total. The number of aryl methyl sites for hydroxylation is 1. The Hall–Kier alpha value is -1.95. The van der Waals surface area contributed by atoms with Crippen molar-refractivity contribution in [1.29, 1.82) is 0 Å². The van der Waals surface area contributed by atoms with Gasteiger partial charge in [-0.2, -0.15) is 5.10 Å². The second kappa shape index (κ2) is 10.8. The fraction of sp³-hybridized carbons (Fsp3) is 0.526. The van der Waals surface area contributed by atoms with E-state index in [9.17, 15) is 4.79 Å². The van der Waals surface area contributed by atoms with Crippen molar-refractivity contribution in [3.8, 4) is 0 Å². The number of thiocarbonyl (C=S) groups is 1. The smallest absolute Gasteiger partial charge is 0.305 e. The number of nitrogens with one attached hydrogen (secondary N) is 2. The lowest BCUT2D eigenvalue weighted by Crippen LogP contribution is -2.33. The van der Waals surface area contributed by atoms with Gasteiger partial charge < -0.3 is 10.1 Å². The van der Waals surface area contributed by atoms with Crippen molar-refractivity contribution in [3.05, 3.63) is 35.4 Å². The Bertz CT molecular complexity index is 616. The number of unbranched alkanes of at least 4 members (excludes halogenated alkanes) is 2. The average molecular weight is 362 g/mol. The van der Waals surface area contributed by atoms with Gasteiger partial charge >= 0.3 is 5.97 Å². The van der Waals surface area contributed by atoms with Crippen LogP contribution in [0.15, 0.2) is 29.4 Å². The summed E-state index contributed by atoms with van der Waals surface area (Å²) in [5, 5.41) is 8.24. The van der Waals surface area contributed by atoms with Crippen LogP contribution in [0.5, 0.6) is 0 Å². The molecule has 1 aromatic carbocycles. The molecule has 25 heavy (non-hydrogen) atoms. The predicted molar refractivity (Wildman–Crippen MR) is 105 cm³/mol. The number of nitrogens with zero attached hydrogens (tertiary/aromatic N) is 1. The van der Waals surface area contributed by atoms with Gasteiger partial charge in [0.05, 0.1) is 12.8 Å². The number of methoxy groups -OCH3 is 1. The van der Waals surface area contributed by atoms with Crippen molar-refractivity contribution in [2.75, 3.05) is 13.7 Å². The third-order valence-corrected chi connectivity index (χ3v) is 4.54. The highest BCUT2D eigenvalue weighted by atomic mass is 32.1. The van der Waals surface area contributed by atoms with Crippen LogP contribution >= 0.6 is 12.2 Å². The molecule has 0 aromatic heterocycles. The lowest BCUT2D eigenvalue weighted by Gasteiger charge is -2.10. The molecule has 1 aliphatic rings. The fourth-order valence-corrected chi connectivity index (χ4v) is 3.06. The van der Waals surface area contributed by atoms with E-state index in [4.69, 9.17) is 12.2 Å². The number of carbonyl (C=O) groups excluding carboxylic acids is 1. The first kappa shape index (κ1) is 19.4. The second-order valence-electron chi connectivity index (χ2n) is 6.18. The van der Waals surface area contributed by atoms with Gasteiger partial charge in [0.15, 0.2) is 5.11 Å². The number of fused-ring (bicyclic) bond motifs is 1. The highest BCUT2D eigenvalue weighted by Gasteiger charge is 2.13. The molecule has 0 unspecified atom stereocenters. The molecule has 1 aromatic rings. The van der Waals surface area contributed by atoms with Gasteiger partial charge in [0.25, 0.3) is 0 Å². The molecule has 136 valence electrons. The summed E-state index contributed by atoms with van der Waals surface area (Å²) in [5.74, 6) is -0.148. The Morgan fingerprint density at radius 2 is 2.00 bits per heavy atom. The van der Waals surface area contributed by atoms with Crippen molar-refractivity contribution in [2.24, 2.45) is 5.10 Å². The number of carbonyl (C=O) groups is 1. The predicted octanol–water partition coefficient (Wildman–Crippen LogP) is 3.31. The average Bonchev–Trinajstić information content (AvgIpc) is 2.84. The molecule has 6 heteroatoms. The first-order valence-corrected chi connectivity index (χ1v) is 9.37. The van der Waals surface area contributed by atoms with Crippen LogP contribution in [0.2, 0.25) is 0 Å². The molecule has 0 radical (unpaired) electrons. The number of hydrogen-bond acceptors (Lipinski definition) is 4. The van der Waals surface area contributed by atoms with Crippen molar-refractivity contribution in [3.63, 3.8) is 0 Å². The van der Waals surface area contributed by atoms with E-state index in [1.165, 1.54) is 24.7 Å². The van der Waals surface area contributed by atoms with Gasteiger partial charge in [-0.1, -0.05) is 30.7 Å².